The third-order valence-electron chi connectivity index (χ3n) is 4.38. The number of fused-ring (bicyclic) bond motifs is 1. The highest BCUT2D eigenvalue weighted by Gasteiger charge is 2.14. The predicted octanol–water partition coefficient (Wildman–Crippen LogP) is 0.210. The lowest BCUT2D eigenvalue weighted by Crippen LogP contribution is -3.11. The summed E-state index contributed by atoms with van der Waals surface area (Å²) in [6.07, 6.45) is 1.60. The number of rotatable bonds is 6. The molecule has 7 heteroatoms. The van der Waals surface area contributed by atoms with Gasteiger partial charge in [-0.1, -0.05) is 17.3 Å². The van der Waals surface area contributed by atoms with Gasteiger partial charge in [-0.05, 0) is 38.5 Å². The maximum Gasteiger partial charge on any atom is 0.283 e. The van der Waals surface area contributed by atoms with E-state index in [1.165, 1.54) is 4.90 Å². The minimum atomic E-state index is -0.134. The lowest BCUT2D eigenvalue weighted by Gasteiger charge is -2.15. The second kappa shape index (κ2) is 6.92. The highest BCUT2D eigenvalue weighted by Crippen LogP contribution is 2.12. The monoisotopic (exact) mass is 327 g/mol. The van der Waals surface area contributed by atoms with Gasteiger partial charge in [0.2, 0.25) is 0 Å². The van der Waals surface area contributed by atoms with Crippen LogP contribution in [0.25, 0.3) is 16.9 Å². The van der Waals surface area contributed by atoms with Crippen LogP contribution < -0.4 is 10.5 Å². The minimum Gasteiger partial charge on any atom is -0.334 e. The first-order chi connectivity index (χ1) is 11.6. The molecule has 0 unspecified atom stereocenters. The van der Waals surface area contributed by atoms with Gasteiger partial charge in [-0.2, -0.15) is 4.68 Å². The summed E-state index contributed by atoms with van der Waals surface area (Å²) in [6.45, 7) is 9.93. The van der Waals surface area contributed by atoms with E-state index in [4.69, 9.17) is 0 Å². The summed E-state index contributed by atoms with van der Waals surface area (Å²) in [6, 6.07) is 7.88. The van der Waals surface area contributed by atoms with Crippen LogP contribution in [0.1, 0.15) is 19.4 Å². The zero-order valence-electron chi connectivity index (χ0n) is 14.4. The SMILES string of the molecule is CC[NH+](CC)CCn1cnc2c(nnn2-c2cccc(C)c2)c1=O. The molecule has 0 saturated heterocycles. The molecule has 0 aliphatic rings. The van der Waals surface area contributed by atoms with E-state index in [9.17, 15) is 4.79 Å². The highest BCUT2D eigenvalue weighted by atomic mass is 16.1. The Morgan fingerprint density at radius 2 is 2.00 bits per heavy atom. The van der Waals surface area contributed by atoms with Gasteiger partial charge in [0.1, 0.15) is 6.33 Å². The molecular weight excluding hydrogens is 304 g/mol. The van der Waals surface area contributed by atoms with Gasteiger partial charge in [-0.3, -0.25) is 9.36 Å². The molecule has 2 heterocycles. The van der Waals surface area contributed by atoms with Gasteiger partial charge in [-0.15, -0.1) is 5.10 Å². The summed E-state index contributed by atoms with van der Waals surface area (Å²) >= 11 is 0. The number of aryl methyl sites for hydroxylation is 1. The third kappa shape index (κ3) is 3.07. The number of aromatic nitrogens is 5. The van der Waals surface area contributed by atoms with Gasteiger partial charge in [0.25, 0.3) is 5.56 Å². The van der Waals surface area contributed by atoms with E-state index in [0.29, 0.717) is 17.7 Å². The Kier molecular flexibility index (Phi) is 4.71. The van der Waals surface area contributed by atoms with Crippen LogP contribution >= 0.6 is 0 Å². The Morgan fingerprint density at radius 1 is 1.21 bits per heavy atom. The molecule has 0 saturated carbocycles. The van der Waals surface area contributed by atoms with E-state index in [1.807, 2.05) is 31.2 Å². The smallest absolute Gasteiger partial charge is 0.283 e. The van der Waals surface area contributed by atoms with Crippen molar-refractivity contribution in [1.82, 2.24) is 24.5 Å². The van der Waals surface area contributed by atoms with Crippen LogP contribution in [-0.2, 0) is 6.54 Å². The average molecular weight is 327 g/mol. The van der Waals surface area contributed by atoms with Crippen molar-refractivity contribution in [3.05, 3.63) is 46.5 Å². The fourth-order valence-corrected chi connectivity index (χ4v) is 2.82. The Hall–Kier alpha value is -2.54. The Morgan fingerprint density at radius 3 is 2.71 bits per heavy atom. The molecule has 3 aromatic rings. The summed E-state index contributed by atoms with van der Waals surface area (Å²) in [5, 5.41) is 8.18. The molecule has 1 N–H and O–H groups in total. The standard InChI is InChI=1S/C17H22N6O/c1-4-21(5-2)9-10-22-12-18-16-15(17(22)24)19-20-23(16)14-8-6-7-13(3)11-14/h6-8,11-12H,4-5,9-10H2,1-3H3/p+1. The minimum absolute atomic E-state index is 0.134. The second-order valence-electron chi connectivity index (χ2n) is 5.96. The molecular formula is C17H23N6O+. The van der Waals surface area contributed by atoms with Crippen molar-refractivity contribution in [1.29, 1.82) is 0 Å². The van der Waals surface area contributed by atoms with E-state index in [1.54, 1.807) is 15.6 Å². The third-order valence-corrected chi connectivity index (χ3v) is 4.38. The van der Waals surface area contributed by atoms with Crippen molar-refractivity contribution in [3.8, 4) is 5.69 Å². The summed E-state index contributed by atoms with van der Waals surface area (Å²) < 4.78 is 3.24. The van der Waals surface area contributed by atoms with Gasteiger partial charge in [-0.25, -0.2) is 4.98 Å². The summed E-state index contributed by atoms with van der Waals surface area (Å²) in [7, 11) is 0. The maximum atomic E-state index is 12.6. The van der Waals surface area contributed by atoms with Gasteiger partial charge < -0.3 is 4.90 Å². The highest BCUT2D eigenvalue weighted by molar-refractivity contribution is 5.70. The summed E-state index contributed by atoms with van der Waals surface area (Å²) in [5.41, 5.74) is 2.65. The lowest BCUT2D eigenvalue weighted by atomic mass is 10.2. The Labute approximate surface area is 140 Å². The predicted molar refractivity (Wildman–Crippen MR) is 92.6 cm³/mol. The number of likely N-dealkylation sites (N-methyl/N-ethyl adjacent to an activating group) is 1. The van der Waals surface area contributed by atoms with E-state index in [0.717, 1.165) is 30.9 Å². The van der Waals surface area contributed by atoms with Crippen molar-refractivity contribution in [3.63, 3.8) is 0 Å². The second-order valence-corrected chi connectivity index (χ2v) is 5.96. The molecule has 0 aliphatic carbocycles. The van der Waals surface area contributed by atoms with Gasteiger partial charge in [0.05, 0.1) is 31.9 Å². The molecule has 2 aromatic heterocycles. The molecule has 0 aliphatic heterocycles. The van der Waals surface area contributed by atoms with Crippen molar-refractivity contribution in [2.75, 3.05) is 19.6 Å². The molecule has 0 bridgehead atoms. The number of benzene rings is 1. The molecule has 0 atom stereocenters. The number of nitrogens with one attached hydrogen (secondary N) is 1. The van der Waals surface area contributed by atoms with Gasteiger partial charge >= 0.3 is 0 Å². The zero-order chi connectivity index (χ0) is 17.1. The quantitative estimate of drug-likeness (QED) is 0.703. The first kappa shape index (κ1) is 16.3. The van der Waals surface area contributed by atoms with Gasteiger partial charge in [0.15, 0.2) is 11.2 Å². The van der Waals surface area contributed by atoms with E-state index >= 15 is 0 Å². The summed E-state index contributed by atoms with van der Waals surface area (Å²) in [4.78, 5) is 18.5. The van der Waals surface area contributed by atoms with Crippen LogP contribution in [0.2, 0.25) is 0 Å². The van der Waals surface area contributed by atoms with Crippen LogP contribution in [0.3, 0.4) is 0 Å². The van der Waals surface area contributed by atoms with Crippen LogP contribution in [0.4, 0.5) is 0 Å². The summed E-state index contributed by atoms with van der Waals surface area (Å²) in [5.74, 6) is 0. The molecule has 0 radical (unpaired) electrons. The lowest BCUT2D eigenvalue weighted by molar-refractivity contribution is -0.897. The maximum absolute atomic E-state index is 12.6. The zero-order valence-corrected chi connectivity index (χ0v) is 14.4. The Balaban J connectivity index is 1.95. The molecule has 126 valence electrons. The van der Waals surface area contributed by atoms with Crippen molar-refractivity contribution in [2.45, 2.75) is 27.3 Å². The number of nitrogens with zero attached hydrogens (tertiary/aromatic N) is 5. The van der Waals surface area contributed by atoms with Crippen LogP contribution in [-0.4, -0.2) is 44.2 Å². The van der Waals surface area contributed by atoms with E-state index < -0.39 is 0 Å². The fourth-order valence-electron chi connectivity index (χ4n) is 2.82. The van der Waals surface area contributed by atoms with Crippen LogP contribution in [0.15, 0.2) is 35.4 Å². The topological polar surface area (TPSA) is 70.0 Å². The number of quaternary nitrogens is 1. The van der Waals surface area contributed by atoms with E-state index in [-0.39, 0.29) is 5.56 Å². The molecule has 0 amide bonds. The average Bonchev–Trinajstić information content (AvgIpc) is 3.02. The van der Waals surface area contributed by atoms with Crippen LogP contribution in [0.5, 0.6) is 0 Å². The molecule has 1 aromatic carbocycles. The van der Waals surface area contributed by atoms with Gasteiger partial charge in [0, 0.05) is 0 Å². The molecule has 3 rings (SSSR count). The normalized spacial score (nSPS) is 11.5. The van der Waals surface area contributed by atoms with Crippen LogP contribution in [0, 0.1) is 6.92 Å². The Bertz CT molecular complexity index is 893. The van der Waals surface area contributed by atoms with E-state index in [2.05, 4.69) is 29.1 Å². The largest absolute Gasteiger partial charge is 0.334 e. The first-order valence-corrected chi connectivity index (χ1v) is 8.35. The molecule has 0 fully saturated rings. The fraction of sp³-hybridized carbons (Fsp3) is 0.412. The molecule has 7 nitrogen and oxygen atoms in total. The van der Waals surface area contributed by atoms with Crippen molar-refractivity contribution >= 4 is 11.2 Å². The van der Waals surface area contributed by atoms with Crippen molar-refractivity contribution in [2.24, 2.45) is 0 Å². The molecule has 0 spiro atoms. The first-order valence-electron chi connectivity index (χ1n) is 8.35. The molecule has 24 heavy (non-hydrogen) atoms. The van der Waals surface area contributed by atoms with Crippen molar-refractivity contribution < 1.29 is 4.90 Å². The number of hydrogen-bond acceptors (Lipinski definition) is 4. The number of hydrogen-bond donors (Lipinski definition) is 1.